The highest BCUT2D eigenvalue weighted by molar-refractivity contribution is 5.54. The number of aryl methyl sites for hydroxylation is 1. The molecule has 3 aliphatic heterocycles. The fourth-order valence-electron chi connectivity index (χ4n) is 5.33. The summed E-state index contributed by atoms with van der Waals surface area (Å²) < 4.78 is 7.70. The molecule has 2 aromatic heterocycles. The van der Waals surface area contributed by atoms with E-state index in [0.29, 0.717) is 0 Å². The topological polar surface area (TPSA) is 59.3 Å². The number of nitrogens with zero attached hydrogens (tertiary/aromatic N) is 6. The molecule has 5 heterocycles. The first-order valence-corrected chi connectivity index (χ1v) is 11.3. The molecule has 0 bridgehead atoms. The molecular formula is C22H32N6O. The summed E-state index contributed by atoms with van der Waals surface area (Å²) in [5.74, 6) is 2.59. The van der Waals surface area contributed by atoms with Crippen LogP contribution in [0.25, 0.3) is 11.4 Å². The smallest absolute Gasteiger partial charge is 0.225 e. The van der Waals surface area contributed by atoms with Crippen LogP contribution in [0.15, 0.2) is 24.8 Å². The minimum Gasteiger partial charge on any atom is -0.378 e. The molecular weight excluding hydrogens is 364 g/mol. The second-order valence-electron chi connectivity index (χ2n) is 8.61. The van der Waals surface area contributed by atoms with Crippen LogP contribution in [0.3, 0.4) is 0 Å². The van der Waals surface area contributed by atoms with Crippen LogP contribution in [0.2, 0.25) is 0 Å². The molecule has 29 heavy (non-hydrogen) atoms. The number of aromatic nitrogens is 4. The number of piperidine rings is 2. The highest BCUT2D eigenvalue weighted by atomic mass is 16.5. The highest BCUT2D eigenvalue weighted by Crippen LogP contribution is 2.33. The van der Waals surface area contributed by atoms with Crippen LogP contribution < -0.4 is 4.90 Å². The lowest BCUT2D eigenvalue weighted by Gasteiger charge is -2.44. The molecule has 0 aromatic carbocycles. The van der Waals surface area contributed by atoms with Crippen LogP contribution >= 0.6 is 0 Å². The average Bonchev–Trinajstić information content (AvgIpc) is 3.27. The Balaban J connectivity index is 1.25. The van der Waals surface area contributed by atoms with Gasteiger partial charge in [0.2, 0.25) is 5.95 Å². The Kier molecular flexibility index (Phi) is 5.76. The van der Waals surface area contributed by atoms with Gasteiger partial charge in [0.1, 0.15) is 5.82 Å². The first kappa shape index (κ1) is 19.0. The third kappa shape index (κ3) is 4.16. The van der Waals surface area contributed by atoms with Crippen LogP contribution in [-0.4, -0.2) is 69.9 Å². The highest BCUT2D eigenvalue weighted by Gasteiger charge is 2.32. The van der Waals surface area contributed by atoms with E-state index >= 15 is 0 Å². The SMILES string of the molecule is c1cn(CC[C@@H]2CCCN3CCCC[C@H]23)c(-c2cnc(N3CCOCC3)nc2)n1. The fourth-order valence-corrected chi connectivity index (χ4v) is 5.33. The Morgan fingerprint density at radius 2 is 1.76 bits per heavy atom. The van der Waals surface area contributed by atoms with Crippen molar-refractivity contribution in [1.82, 2.24) is 24.4 Å². The largest absolute Gasteiger partial charge is 0.378 e. The van der Waals surface area contributed by atoms with Gasteiger partial charge in [-0.15, -0.1) is 0 Å². The first-order valence-electron chi connectivity index (χ1n) is 11.3. The monoisotopic (exact) mass is 396 g/mol. The maximum atomic E-state index is 5.42. The van der Waals surface area contributed by atoms with Gasteiger partial charge in [-0.3, -0.25) is 0 Å². The van der Waals surface area contributed by atoms with Gasteiger partial charge in [-0.1, -0.05) is 6.42 Å². The number of fused-ring (bicyclic) bond motifs is 1. The number of anilines is 1. The van der Waals surface area contributed by atoms with Gasteiger partial charge in [0.25, 0.3) is 0 Å². The van der Waals surface area contributed by atoms with Crippen molar-refractivity contribution in [3.8, 4) is 11.4 Å². The number of ether oxygens (including phenoxy) is 1. The molecule has 7 nitrogen and oxygen atoms in total. The second kappa shape index (κ2) is 8.79. The Morgan fingerprint density at radius 1 is 0.931 bits per heavy atom. The van der Waals surface area contributed by atoms with Gasteiger partial charge in [0, 0.05) is 50.5 Å². The standard InChI is InChI=1S/C22H32N6O/c1-2-8-26-9-3-4-18(20(26)5-1)6-10-27-11-7-23-21(27)19-16-24-22(25-17-19)28-12-14-29-15-13-28/h7,11,16-18,20H,1-6,8-10,12-15H2/t18-,20+/m0/s1. The second-order valence-corrected chi connectivity index (χ2v) is 8.61. The van der Waals surface area contributed by atoms with E-state index in [1.165, 1.54) is 51.6 Å². The van der Waals surface area contributed by atoms with Crippen LogP contribution in [-0.2, 0) is 11.3 Å². The van der Waals surface area contributed by atoms with E-state index in [9.17, 15) is 0 Å². The Morgan fingerprint density at radius 3 is 2.62 bits per heavy atom. The molecule has 156 valence electrons. The summed E-state index contributed by atoms with van der Waals surface area (Å²) in [5.41, 5.74) is 0.995. The Bertz CT molecular complexity index is 783. The van der Waals surface area contributed by atoms with Crippen molar-refractivity contribution in [2.45, 2.75) is 51.1 Å². The molecule has 0 saturated carbocycles. The van der Waals surface area contributed by atoms with Crippen molar-refractivity contribution in [2.75, 3.05) is 44.3 Å². The summed E-state index contributed by atoms with van der Waals surface area (Å²) in [4.78, 5) is 18.8. The van der Waals surface area contributed by atoms with Gasteiger partial charge >= 0.3 is 0 Å². The number of rotatable bonds is 5. The molecule has 3 aliphatic rings. The minimum absolute atomic E-state index is 0.745. The van der Waals surface area contributed by atoms with Gasteiger partial charge in [-0.05, 0) is 51.1 Å². The van der Waals surface area contributed by atoms with Crippen LogP contribution in [0, 0.1) is 5.92 Å². The maximum absolute atomic E-state index is 5.42. The van der Waals surface area contributed by atoms with Crippen LogP contribution in [0.5, 0.6) is 0 Å². The van der Waals surface area contributed by atoms with E-state index in [4.69, 9.17) is 4.74 Å². The molecule has 0 aliphatic carbocycles. The summed E-state index contributed by atoms with van der Waals surface area (Å²) in [6.45, 7) is 6.84. The summed E-state index contributed by atoms with van der Waals surface area (Å²) in [6.07, 6.45) is 16.0. The zero-order chi connectivity index (χ0) is 19.5. The van der Waals surface area contributed by atoms with Crippen molar-refractivity contribution >= 4 is 5.95 Å². The number of morpholine rings is 1. The van der Waals surface area contributed by atoms with Gasteiger partial charge in [-0.25, -0.2) is 15.0 Å². The normalized spacial score (nSPS) is 25.7. The maximum Gasteiger partial charge on any atom is 0.225 e. The predicted molar refractivity (Wildman–Crippen MR) is 113 cm³/mol. The van der Waals surface area contributed by atoms with E-state index < -0.39 is 0 Å². The van der Waals surface area contributed by atoms with Crippen molar-refractivity contribution in [3.63, 3.8) is 0 Å². The molecule has 3 fully saturated rings. The van der Waals surface area contributed by atoms with E-state index in [0.717, 1.165) is 62.1 Å². The number of hydrogen-bond acceptors (Lipinski definition) is 6. The van der Waals surface area contributed by atoms with E-state index in [1.807, 2.05) is 18.6 Å². The fraction of sp³-hybridized carbons (Fsp3) is 0.682. The lowest BCUT2D eigenvalue weighted by atomic mass is 9.81. The number of imidazole rings is 1. The van der Waals surface area contributed by atoms with Crippen LogP contribution in [0.1, 0.15) is 38.5 Å². The Hall–Kier alpha value is -1.99. The quantitative estimate of drug-likeness (QED) is 0.775. The van der Waals surface area contributed by atoms with E-state index in [-0.39, 0.29) is 0 Å². The van der Waals surface area contributed by atoms with Gasteiger partial charge in [-0.2, -0.15) is 0 Å². The lowest BCUT2D eigenvalue weighted by Crippen LogP contribution is -2.48. The molecule has 0 spiro atoms. The van der Waals surface area contributed by atoms with Crippen molar-refractivity contribution in [2.24, 2.45) is 5.92 Å². The summed E-state index contributed by atoms with van der Waals surface area (Å²) in [7, 11) is 0. The summed E-state index contributed by atoms with van der Waals surface area (Å²) in [5, 5.41) is 0. The zero-order valence-electron chi connectivity index (χ0n) is 17.2. The van der Waals surface area contributed by atoms with E-state index in [1.54, 1.807) is 0 Å². The number of hydrogen-bond donors (Lipinski definition) is 0. The minimum atomic E-state index is 0.745. The lowest BCUT2D eigenvalue weighted by molar-refractivity contribution is 0.0539. The predicted octanol–water partition coefficient (Wildman–Crippen LogP) is 2.83. The molecule has 5 rings (SSSR count). The zero-order valence-corrected chi connectivity index (χ0v) is 17.2. The molecule has 2 atom stereocenters. The summed E-state index contributed by atoms with van der Waals surface area (Å²) >= 11 is 0. The molecule has 2 aromatic rings. The Labute approximate surface area is 173 Å². The molecule has 0 N–H and O–H groups in total. The van der Waals surface area contributed by atoms with E-state index in [2.05, 4.69) is 35.5 Å². The molecule has 0 radical (unpaired) electrons. The summed E-state index contributed by atoms with van der Waals surface area (Å²) in [6, 6.07) is 0.806. The average molecular weight is 397 g/mol. The third-order valence-electron chi connectivity index (χ3n) is 6.88. The first-order chi connectivity index (χ1) is 14.4. The molecule has 0 unspecified atom stereocenters. The molecule has 3 saturated heterocycles. The van der Waals surface area contributed by atoms with Crippen molar-refractivity contribution < 1.29 is 4.74 Å². The van der Waals surface area contributed by atoms with Crippen molar-refractivity contribution in [3.05, 3.63) is 24.8 Å². The van der Waals surface area contributed by atoms with Gasteiger partial charge in [0.15, 0.2) is 0 Å². The van der Waals surface area contributed by atoms with Gasteiger partial charge < -0.3 is 19.1 Å². The third-order valence-corrected chi connectivity index (χ3v) is 6.88. The van der Waals surface area contributed by atoms with Crippen molar-refractivity contribution in [1.29, 1.82) is 0 Å². The molecule has 7 heteroatoms. The molecule has 0 amide bonds. The van der Waals surface area contributed by atoms with Crippen LogP contribution in [0.4, 0.5) is 5.95 Å². The van der Waals surface area contributed by atoms with Gasteiger partial charge in [0.05, 0.1) is 18.8 Å².